The van der Waals surface area contributed by atoms with Crippen LogP contribution in [0, 0.1) is 6.92 Å². The number of benzene rings is 1. The first-order chi connectivity index (χ1) is 14.8. The molecule has 31 heavy (non-hydrogen) atoms. The number of ether oxygens (including phenoxy) is 1. The maximum Gasteiger partial charge on any atom is 0.332 e. The molecule has 0 aliphatic heterocycles. The Hall–Kier alpha value is -3.62. The van der Waals surface area contributed by atoms with Crippen molar-refractivity contribution in [2.24, 2.45) is 7.05 Å². The number of hydrogen-bond acceptors (Lipinski definition) is 5. The molecule has 0 saturated carbocycles. The Bertz CT molecular complexity index is 1390. The van der Waals surface area contributed by atoms with Gasteiger partial charge in [-0.3, -0.25) is 23.1 Å². The van der Waals surface area contributed by atoms with Crippen molar-refractivity contribution in [3.63, 3.8) is 0 Å². The van der Waals surface area contributed by atoms with Crippen molar-refractivity contribution in [1.82, 2.24) is 23.1 Å². The number of nitrogens with zero attached hydrogens (tertiary/aromatic N) is 5. The Morgan fingerprint density at radius 3 is 2.58 bits per heavy atom. The maximum absolute atomic E-state index is 13.2. The Labute approximate surface area is 178 Å². The maximum atomic E-state index is 13.2. The fourth-order valence-corrected chi connectivity index (χ4v) is 4.02. The molecule has 1 atom stereocenters. The number of aryl methyl sites for hydroxylation is 2. The zero-order chi connectivity index (χ0) is 22.3. The summed E-state index contributed by atoms with van der Waals surface area (Å²) in [5.41, 5.74) is 1.68. The minimum atomic E-state index is -0.512. The van der Waals surface area contributed by atoms with E-state index in [1.807, 2.05) is 48.0 Å². The van der Waals surface area contributed by atoms with Gasteiger partial charge in [-0.15, -0.1) is 0 Å². The summed E-state index contributed by atoms with van der Waals surface area (Å²) in [4.78, 5) is 42.4. The first kappa shape index (κ1) is 20.6. The molecule has 0 aliphatic carbocycles. The summed E-state index contributed by atoms with van der Waals surface area (Å²) < 4.78 is 11.1. The van der Waals surface area contributed by atoms with E-state index >= 15 is 0 Å². The van der Waals surface area contributed by atoms with Crippen LogP contribution >= 0.6 is 0 Å². The molecule has 3 heterocycles. The number of fused-ring (bicyclic) bond motifs is 3. The Kier molecular flexibility index (Phi) is 5.26. The number of esters is 1. The lowest BCUT2D eigenvalue weighted by Gasteiger charge is -2.16. The van der Waals surface area contributed by atoms with Crippen molar-refractivity contribution < 1.29 is 9.53 Å². The van der Waals surface area contributed by atoms with Crippen molar-refractivity contribution in [2.75, 3.05) is 6.61 Å². The first-order valence-electron chi connectivity index (χ1n) is 10.2. The van der Waals surface area contributed by atoms with Crippen LogP contribution in [0.3, 0.4) is 0 Å². The molecule has 4 rings (SSSR count). The van der Waals surface area contributed by atoms with E-state index in [1.54, 1.807) is 18.4 Å². The zero-order valence-electron chi connectivity index (χ0n) is 18.0. The molecule has 9 heteroatoms. The van der Waals surface area contributed by atoms with Crippen LogP contribution < -0.4 is 11.2 Å². The lowest BCUT2D eigenvalue weighted by Crippen LogP contribution is -2.39. The van der Waals surface area contributed by atoms with Crippen molar-refractivity contribution in [1.29, 1.82) is 0 Å². The van der Waals surface area contributed by atoms with Gasteiger partial charge in [0.1, 0.15) is 0 Å². The van der Waals surface area contributed by atoms with E-state index in [9.17, 15) is 14.4 Å². The van der Waals surface area contributed by atoms with Crippen LogP contribution in [-0.4, -0.2) is 35.7 Å². The second kappa shape index (κ2) is 7.90. The number of aromatic nitrogens is 5. The monoisotopic (exact) mass is 423 g/mol. The molecule has 0 bridgehead atoms. The summed E-state index contributed by atoms with van der Waals surface area (Å²) in [6, 6.07) is 10.00. The van der Waals surface area contributed by atoms with Gasteiger partial charge in [0.05, 0.1) is 19.1 Å². The van der Waals surface area contributed by atoms with Gasteiger partial charge in [-0.2, -0.15) is 4.98 Å². The molecule has 0 aliphatic rings. The van der Waals surface area contributed by atoms with E-state index in [1.165, 1.54) is 4.57 Å². The van der Waals surface area contributed by atoms with Gasteiger partial charge in [0.15, 0.2) is 11.2 Å². The van der Waals surface area contributed by atoms with E-state index < -0.39 is 17.2 Å². The molecule has 1 aromatic carbocycles. The topological polar surface area (TPSA) is 92.5 Å². The molecule has 4 aromatic rings. The summed E-state index contributed by atoms with van der Waals surface area (Å²) >= 11 is 0. The summed E-state index contributed by atoms with van der Waals surface area (Å²) in [6.07, 6.45) is 1.80. The highest BCUT2D eigenvalue weighted by atomic mass is 16.5. The molecule has 9 nitrogen and oxygen atoms in total. The molecule has 0 N–H and O–H groups in total. The Balaban J connectivity index is 1.90. The Morgan fingerprint density at radius 1 is 1.19 bits per heavy atom. The molecule has 162 valence electrons. The van der Waals surface area contributed by atoms with Gasteiger partial charge in [-0.25, -0.2) is 4.79 Å². The second-order valence-electron chi connectivity index (χ2n) is 7.53. The van der Waals surface area contributed by atoms with Crippen molar-refractivity contribution in [3.05, 3.63) is 68.6 Å². The van der Waals surface area contributed by atoms with E-state index in [4.69, 9.17) is 4.74 Å². The largest absolute Gasteiger partial charge is 0.466 e. The molecule has 3 aromatic heterocycles. The van der Waals surface area contributed by atoms with E-state index in [0.717, 1.165) is 15.8 Å². The third-order valence-electron chi connectivity index (χ3n) is 5.58. The lowest BCUT2D eigenvalue weighted by atomic mass is 10.1. The Morgan fingerprint density at radius 2 is 1.90 bits per heavy atom. The number of carbonyl (C=O) groups excluding carboxylic acids is 1. The van der Waals surface area contributed by atoms with Crippen molar-refractivity contribution in [3.8, 4) is 0 Å². The molecule has 0 fully saturated rings. The van der Waals surface area contributed by atoms with Crippen LogP contribution in [0.4, 0.5) is 0 Å². The van der Waals surface area contributed by atoms with Gasteiger partial charge < -0.3 is 9.30 Å². The van der Waals surface area contributed by atoms with Gasteiger partial charge in [-0.1, -0.05) is 30.3 Å². The molecule has 0 amide bonds. The minimum absolute atomic E-state index is 0.0152. The number of imidazole rings is 2. The molecular formula is C22H25N5O4. The SMILES string of the molecule is CCOC(=O)CCn1c(=O)c2c(nc3n([C@@H](C)c4ccccc4)c(C)cn23)n(C)c1=O. The van der Waals surface area contributed by atoms with Crippen molar-refractivity contribution in [2.45, 2.75) is 39.8 Å². The van der Waals surface area contributed by atoms with Gasteiger partial charge in [0, 0.05) is 25.5 Å². The van der Waals surface area contributed by atoms with Crippen LogP contribution in [-0.2, 0) is 23.1 Å². The van der Waals surface area contributed by atoms with E-state index in [0.29, 0.717) is 16.9 Å². The summed E-state index contributed by atoms with van der Waals surface area (Å²) in [7, 11) is 1.58. The third-order valence-corrected chi connectivity index (χ3v) is 5.58. The summed E-state index contributed by atoms with van der Waals surface area (Å²) in [5.74, 6) is 0.132. The molecular weight excluding hydrogens is 398 g/mol. The summed E-state index contributed by atoms with van der Waals surface area (Å²) in [6.45, 7) is 5.94. The van der Waals surface area contributed by atoms with E-state index in [2.05, 4.69) is 11.9 Å². The standard InChI is InChI=1S/C22H25N5O4/c1-5-31-17(28)11-12-25-20(29)18-19(24(4)22(25)30)23-21-26(18)13-14(2)27(21)15(3)16-9-7-6-8-10-16/h6-10,13,15H,5,11-12H2,1-4H3/t15-/m0/s1. The van der Waals surface area contributed by atoms with Gasteiger partial charge in [0.25, 0.3) is 5.56 Å². The molecule has 0 saturated heterocycles. The predicted molar refractivity (Wildman–Crippen MR) is 116 cm³/mol. The third kappa shape index (κ3) is 3.35. The first-order valence-corrected chi connectivity index (χ1v) is 10.2. The lowest BCUT2D eigenvalue weighted by molar-refractivity contribution is -0.143. The number of hydrogen-bond donors (Lipinski definition) is 0. The fraction of sp³-hybridized carbons (Fsp3) is 0.364. The van der Waals surface area contributed by atoms with Crippen LogP contribution in [0.2, 0.25) is 0 Å². The average Bonchev–Trinajstić information content (AvgIpc) is 3.27. The van der Waals surface area contributed by atoms with Gasteiger partial charge in [-0.05, 0) is 26.3 Å². The number of carbonyl (C=O) groups is 1. The molecule has 0 unspecified atom stereocenters. The van der Waals surface area contributed by atoms with Crippen molar-refractivity contribution >= 4 is 22.9 Å². The second-order valence-corrected chi connectivity index (χ2v) is 7.53. The minimum Gasteiger partial charge on any atom is -0.466 e. The average molecular weight is 423 g/mol. The van der Waals surface area contributed by atoms with E-state index in [-0.39, 0.29) is 25.6 Å². The fourth-order valence-electron chi connectivity index (χ4n) is 4.02. The van der Waals surface area contributed by atoms with Crippen LogP contribution in [0.5, 0.6) is 0 Å². The van der Waals surface area contributed by atoms with Gasteiger partial charge in [0.2, 0.25) is 5.78 Å². The quantitative estimate of drug-likeness (QED) is 0.443. The smallest absolute Gasteiger partial charge is 0.332 e. The number of rotatable bonds is 6. The highest BCUT2D eigenvalue weighted by Gasteiger charge is 2.22. The molecule has 0 spiro atoms. The van der Waals surface area contributed by atoms with Crippen LogP contribution in [0.25, 0.3) is 16.9 Å². The predicted octanol–water partition coefficient (Wildman–Crippen LogP) is 2.02. The highest BCUT2D eigenvalue weighted by Crippen LogP contribution is 2.25. The van der Waals surface area contributed by atoms with Crippen LogP contribution in [0.1, 0.15) is 37.6 Å². The van der Waals surface area contributed by atoms with Gasteiger partial charge >= 0.3 is 11.7 Å². The highest BCUT2D eigenvalue weighted by molar-refractivity contribution is 5.76. The zero-order valence-corrected chi connectivity index (χ0v) is 18.0. The normalized spacial score (nSPS) is 12.5. The summed E-state index contributed by atoms with van der Waals surface area (Å²) in [5, 5.41) is 0. The van der Waals surface area contributed by atoms with Crippen LogP contribution in [0.15, 0.2) is 46.1 Å². The molecule has 0 radical (unpaired) electrons.